The molecular weight excluding hydrogens is 268 g/mol. The van der Waals surface area contributed by atoms with E-state index < -0.39 is 30.8 Å². The van der Waals surface area contributed by atoms with Gasteiger partial charge in [0.25, 0.3) is 0 Å². The van der Waals surface area contributed by atoms with Gasteiger partial charge in [-0.15, -0.1) is 26.3 Å². The first-order valence-electron chi connectivity index (χ1n) is 4.39. The van der Waals surface area contributed by atoms with Crippen LogP contribution in [0.1, 0.15) is 5.56 Å². The molecule has 0 spiro atoms. The topological polar surface area (TPSA) is 42.3 Å². The Morgan fingerprint density at radius 1 is 0.833 bits per heavy atom. The van der Waals surface area contributed by atoms with Crippen molar-refractivity contribution in [1.29, 1.82) is 0 Å². The fourth-order valence-electron chi connectivity index (χ4n) is 1.12. The molecule has 0 bridgehead atoms. The lowest BCUT2D eigenvalue weighted by Gasteiger charge is -2.13. The zero-order chi connectivity index (χ0) is 14.0. The molecular formula is C9H6F6NO2. The molecule has 0 aliphatic carbocycles. The summed E-state index contributed by atoms with van der Waals surface area (Å²) in [4.78, 5) is 0. The maximum absolute atomic E-state index is 11.9. The molecule has 101 valence electrons. The lowest BCUT2D eigenvalue weighted by molar-refractivity contribution is -0.276. The van der Waals surface area contributed by atoms with E-state index in [1.165, 1.54) is 0 Å². The second kappa shape index (κ2) is 4.92. The molecule has 1 rings (SSSR count). The van der Waals surface area contributed by atoms with Crippen LogP contribution in [0.15, 0.2) is 18.2 Å². The van der Waals surface area contributed by atoms with Crippen molar-refractivity contribution in [3.63, 3.8) is 0 Å². The molecule has 0 aliphatic rings. The highest BCUT2D eigenvalue weighted by atomic mass is 19.4. The van der Waals surface area contributed by atoms with Crippen molar-refractivity contribution in [2.75, 3.05) is 0 Å². The van der Waals surface area contributed by atoms with Gasteiger partial charge in [-0.25, -0.2) is 0 Å². The lowest BCUT2D eigenvalue weighted by atomic mass is 10.2. The lowest BCUT2D eigenvalue weighted by Crippen LogP contribution is -2.19. The van der Waals surface area contributed by atoms with Crippen molar-refractivity contribution in [3.05, 3.63) is 23.8 Å². The average Bonchev–Trinajstić information content (AvgIpc) is 2.11. The molecule has 9 heteroatoms. The van der Waals surface area contributed by atoms with Crippen LogP contribution in [0.3, 0.4) is 0 Å². The number of halogens is 6. The van der Waals surface area contributed by atoms with Gasteiger partial charge in [-0.3, -0.25) is 5.73 Å². The van der Waals surface area contributed by atoms with E-state index in [2.05, 4.69) is 9.47 Å². The van der Waals surface area contributed by atoms with Crippen LogP contribution in [-0.4, -0.2) is 12.7 Å². The SMILES string of the molecule is [NH]Cc1cc(OC(F)(F)F)cc(OC(F)(F)F)c1. The largest absolute Gasteiger partial charge is 0.573 e. The number of alkyl halides is 6. The third-order valence-electron chi connectivity index (χ3n) is 1.61. The van der Waals surface area contributed by atoms with Gasteiger partial charge in [0.1, 0.15) is 11.5 Å². The van der Waals surface area contributed by atoms with E-state index in [0.717, 1.165) is 12.1 Å². The Kier molecular flexibility index (Phi) is 3.95. The predicted molar refractivity (Wildman–Crippen MR) is 46.6 cm³/mol. The van der Waals surface area contributed by atoms with E-state index >= 15 is 0 Å². The van der Waals surface area contributed by atoms with Gasteiger partial charge in [0.05, 0.1) is 0 Å². The van der Waals surface area contributed by atoms with Crippen LogP contribution in [0.25, 0.3) is 0 Å². The summed E-state index contributed by atoms with van der Waals surface area (Å²) in [7, 11) is 0. The van der Waals surface area contributed by atoms with Gasteiger partial charge in [-0.05, 0) is 17.7 Å². The van der Waals surface area contributed by atoms with Gasteiger partial charge in [0, 0.05) is 12.6 Å². The number of ether oxygens (including phenoxy) is 2. The van der Waals surface area contributed by atoms with Crippen LogP contribution in [0.4, 0.5) is 26.3 Å². The predicted octanol–water partition coefficient (Wildman–Crippen LogP) is 3.27. The normalized spacial score (nSPS) is 12.4. The summed E-state index contributed by atoms with van der Waals surface area (Å²) in [6, 6.07) is 2.06. The van der Waals surface area contributed by atoms with Crippen LogP contribution >= 0.6 is 0 Å². The summed E-state index contributed by atoms with van der Waals surface area (Å²) in [5, 5.41) is 0. The summed E-state index contributed by atoms with van der Waals surface area (Å²) in [6.45, 7) is -0.511. The molecule has 0 unspecified atom stereocenters. The summed E-state index contributed by atoms with van der Waals surface area (Å²) >= 11 is 0. The van der Waals surface area contributed by atoms with E-state index in [-0.39, 0.29) is 5.56 Å². The minimum Gasteiger partial charge on any atom is -0.406 e. The minimum atomic E-state index is -5.03. The minimum absolute atomic E-state index is 0.101. The average molecular weight is 274 g/mol. The molecule has 0 fully saturated rings. The number of benzene rings is 1. The molecule has 1 aromatic carbocycles. The molecule has 18 heavy (non-hydrogen) atoms. The molecule has 1 aromatic rings. The summed E-state index contributed by atoms with van der Waals surface area (Å²) < 4.78 is 78.4. The van der Waals surface area contributed by atoms with Crippen LogP contribution < -0.4 is 15.2 Å². The van der Waals surface area contributed by atoms with E-state index in [1.807, 2.05) is 0 Å². The van der Waals surface area contributed by atoms with Crippen LogP contribution in [0, 0.1) is 0 Å². The number of hydrogen-bond donors (Lipinski definition) is 0. The summed E-state index contributed by atoms with van der Waals surface area (Å²) in [5.74, 6) is -1.74. The quantitative estimate of drug-likeness (QED) is 0.794. The van der Waals surface area contributed by atoms with E-state index in [0.29, 0.717) is 6.07 Å². The highest BCUT2D eigenvalue weighted by Gasteiger charge is 2.33. The van der Waals surface area contributed by atoms with Crippen molar-refractivity contribution in [3.8, 4) is 11.5 Å². The molecule has 0 saturated carbocycles. The molecule has 0 amide bonds. The van der Waals surface area contributed by atoms with Gasteiger partial charge in [0.2, 0.25) is 0 Å². The van der Waals surface area contributed by atoms with E-state index in [1.54, 1.807) is 0 Å². The fraction of sp³-hybridized carbons (Fsp3) is 0.333. The monoisotopic (exact) mass is 274 g/mol. The maximum Gasteiger partial charge on any atom is 0.573 e. The highest BCUT2D eigenvalue weighted by molar-refractivity contribution is 5.38. The zero-order valence-electron chi connectivity index (χ0n) is 8.52. The summed E-state index contributed by atoms with van der Waals surface area (Å²) in [5.41, 5.74) is 6.82. The molecule has 0 aliphatic heterocycles. The van der Waals surface area contributed by atoms with Crippen LogP contribution in [-0.2, 0) is 6.54 Å². The highest BCUT2D eigenvalue weighted by Crippen LogP contribution is 2.31. The van der Waals surface area contributed by atoms with Crippen LogP contribution in [0.2, 0.25) is 0 Å². The van der Waals surface area contributed by atoms with Gasteiger partial charge >= 0.3 is 12.7 Å². The fourth-order valence-corrected chi connectivity index (χ4v) is 1.12. The first-order valence-corrected chi connectivity index (χ1v) is 4.39. The summed E-state index contributed by atoms with van der Waals surface area (Å²) in [6.07, 6.45) is -10.1. The van der Waals surface area contributed by atoms with Crippen molar-refractivity contribution >= 4 is 0 Å². The Balaban J connectivity index is 3.02. The number of rotatable bonds is 3. The molecule has 0 heterocycles. The van der Waals surface area contributed by atoms with Crippen molar-refractivity contribution in [2.24, 2.45) is 0 Å². The Morgan fingerprint density at radius 2 is 1.22 bits per heavy atom. The second-order valence-electron chi connectivity index (χ2n) is 3.09. The number of hydrogen-bond acceptors (Lipinski definition) is 2. The molecule has 0 atom stereocenters. The van der Waals surface area contributed by atoms with Crippen molar-refractivity contribution in [2.45, 2.75) is 19.3 Å². The molecule has 1 N–H and O–H groups in total. The van der Waals surface area contributed by atoms with Crippen LogP contribution in [0.5, 0.6) is 11.5 Å². The number of nitrogens with one attached hydrogen (secondary N) is 1. The van der Waals surface area contributed by atoms with Gasteiger partial charge in [-0.1, -0.05) is 0 Å². The van der Waals surface area contributed by atoms with Gasteiger partial charge < -0.3 is 9.47 Å². The Bertz CT molecular complexity index is 380. The molecule has 0 saturated heterocycles. The Hall–Kier alpha value is -1.64. The van der Waals surface area contributed by atoms with Crippen molar-refractivity contribution < 1.29 is 35.8 Å². The van der Waals surface area contributed by atoms with E-state index in [9.17, 15) is 26.3 Å². The van der Waals surface area contributed by atoms with Gasteiger partial charge in [0.15, 0.2) is 0 Å². The van der Waals surface area contributed by atoms with Gasteiger partial charge in [-0.2, -0.15) is 0 Å². The molecule has 3 nitrogen and oxygen atoms in total. The molecule has 0 aromatic heterocycles. The zero-order valence-corrected chi connectivity index (χ0v) is 8.52. The van der Waals surface area contributed by atoms with Crippen molar-refractivity contribution in [1.82, 2.24) is 5.73 Å². The van der Waals surface area contributed by atoms with E-state index in [4.69, 9.17) is 5.73 Å². The first-order chi connectivity index (χ1) is 8.09. The maximum atomic E-state index is 11.9. The Morgan fingerprint density at radius 3 is 1.50 bits per heavy atom. The second-order valence-corrected chi connectivity index (χ2v) is 3.09. The molecule has 1 radical (unpaired) electrons. The first kappa shape index (κ1) is 14.4. The standard InChI is InChI=1S/C9H6F6NO2/c10-8(11,12)17-6-1-5(4-16)2-7(3-6)18-9(13,14)15/h1-3,16H,4H2. The Labute approximate surface area is 97.1 Å². The third-order valence-corrected chi connectivity index (χ3v) is 1.61. The third kappa shape index (κ3) is 5.13. The smallest absolute Gasteiger partial charge is 0.406 e.